The average molecular weight is 190 g/mol. The molecule has 2 nitrogen and oxygen atoms in total. The topological polar surface area (TPSA) is 38.0 Å². The second-order valence-electron chi connectivity index (χ2n) is 4.29. The Kier molecular flexibility index (Phi) is 2.73. The molecule has 1 aromatic rings. The molecule has 0 amide bonds. The van der Waals surface area contributed by atoms with Crippen molar-refractivity contribution < 1.29 is 0 Å². The molecule has 3 N–H and O–H groups in total. The van der Waals surface area contributed by atoms with Crippen LogP contribution in [0.25, 0.3) is 0 Å². The standard InChI is InChI=1S/C12H18N2/c13-12(8-4-5-9-12)10-14-11-6-2-1-3-7-11/h1-3,6-7,14H,4-5,8-10,13H2. The number of rotatable bonds is 3. The minimum Gasteiger partial charge on any atom is -0.383 e. The van der Waals surface area contributed by atoms with E-state index in [2.05, 4.69) is 17.4 Å². The Bertz CT molecular complexity index is 276. The van der Waals surface area contributed by atoms with Crippen LogP contribution in [0, 0.1) is 0 Å². The van der Waals surface area contributed by atoms with Gasteiger partial charge in [0.05, 0.1) is 0 Å². The molecule has 14 heavy (non-hydrogen) atoms. The first-order valence-electron chi connectivity index (χ1n) is 5.36. The smallest absolute Gasteiger partial charge is 0.0340 e. The zero-order valence-corrected chi connectivity index (χ0v) is 8.50. The molecule has 0 spiro atoms. The lowest BCUT2D eigenvalue weighted by Crippen LogP contribution is -2.43. The SMILES string of the molecule is NC1(CNc2ccccc2)CCCC1. The van der Waals surface area contributed by atoms with Crippen molar-refractivity contribution in [3.63, 3.8) is 0 Å². The molecule has 0 bridgehead atoms. The quantitative estimate of drug-likeness (QED) is 0.768. The summed E-state index contributed by atoms with van der Waals surface area (Å²) in [6, 6.07) is 10.3. The Morgan fingerprint density at radius 3 is 2.43 bits per heavy atom. The third-order valence-electron chi connectivity index (χ3n) is 3.02. The van der Waals surface area contributed by atoms with Gasteiger partial charge in [0.15, 0.2) is 0 Å². The van der Waals surface area contributed by atoms with Crippen molar-refractivity contribution in [1.82, 2.24) is 0 Å². The maximum Gasteiger partial charge on any atom is 0.0340 e. The van der Waals surface area contributed by atoms with Crippen molar-refractivity contribution in [1.29, 1.82) is 0 Å². The molecule has 0 saturated heterocycles. The highest BCUT2D eigenvalue weighted by Crippen LogP contribution is 2.27. The molecule has 0 aliphatic heterocycles. The van der Waals surface area contributed by atoms with E-state index < -0.39 is 0 Å². The Balaban J connectivity index is 1.88. The molecule has 0 aromatic heterocycles. The van der Waals surface area contributed by atoms with Crippen LogP contribution < -0.4 is 11.1 Å². The molecule has 76 valence electrons. The summed E-state index contributed by atoms with van der Waals surface area (Å²) in [4.78, 5) is 0. The summed E-state index contributed by atoms with van der Waals surface area (Å²) in [5.74, 6) is 0. The van der Waals surface area contributed by atoms with Gasteiger partial charge in [-0.05, 0) is 25.0 Å². The van der Waals surface area contributed by atoms with Gasteiger partial charge in [0.1, 0.15) is 0 Å². The second kappa shape index (κ2) is 4.01. The first-order valence-corrected chi connectivity index (χ1v) is 5.36. The van der Waals surface area contributed by atoms with Crippen molar-refractivity contribution >= 4 is 5.69 Å². The van der Waals surface area contributed by atoms with Gasteiger partial charge in [-0.15, -0.1) is 0 Å². The highest BCUT2D eigenvalue weighted by molar-refractivity contribution is 5.42. The molecule has 1 saturated carbocycles. The molecular weight excluding hydrogens is 172 g/mol. The van der Waals surface area contributed by atoms with Gasteiger partial charge in [0, 0.05) is 17.8 Å². The highest BCUT2D eigenvalue weighted by atomic mass is 14.9. The van der Waals surface area contributed by atoms with Crippen LogP contribution in [0.4, 0.5) is 5.69 Å². The Hall–Kier alpha value is -1.02. The van der Waals surface area contributed by atoms with E-state index in [0.717, 1.165) is 19.4 Å². The van der Waals surface area contributed by atoms with E-state index in [1.165, 1.54) is 18.5 Å². The highest BCUT2D eigenvalue weighted by Gasteiger charge is 2.28. The summed E-state index contributed by atoms with van der Waals surface area (Å²) in [7, 11) is 0. The van der Waals surface area contributed by atoms with Gasteiger partial charge in [0.2, 0.25) is 0 Å². The molecule has 1 aliphatic carbocycles. The van der Waals surface area contributed by atoms with Crippen molar-refractivity contribution in [3.8, 4) is 0 Å². The fourth-order valence-corrected chi connectivity index (χ4v) is 2.09. The van der Waals surface area contributed by atoms with Gasteiger partial charge in [-0.2, -0.15) is 0 Å². The van der Waals surface area contributed by atoms with E-state index >= 15 is 0 Å². The molecule has 1 aliphatic rings. The summed E-state index contributed by atoms with van der Waals surface area (Å²) in [6.07, 6.45) is 4.89. The summed E-state index contributed by atoms with van der Waals surface area (Å²) in [6.45, 7) is 0.900. The van der Waals surface area contributed by atoms with Crippen molar-refractivity contribution in [2.24, 2.45) is 5.73 Å². The largest absolute Gasteiger partial charge is 0.383 e. The lowest BCUT2D eigenvalue weighted by molar-refractivity contribution is 0.464. The number of benzene rings is 1. The van der Waals surface area contributed by atoms with Gasteiger partial charge in [-0.25, -0.2) is 0 Å². The monoisotopic (exact) mass is 190 g/mol. The van der Waals surface area contributed by atoms with Gasteiger partial charge >= 0.3 is 0 Å². The zero-order valence-electron chi connectivity index (χ0n) is 8.50. The molecule has 1 fully saturated rings. The summed E-state index contributed by atoms with van der Waals surface area (Å²) >= 11 is 0. The number of hydrogen-bond donors (Lipinski definition) is 2. The minimum atomic E-state index is 0.0375. The van der Waals surface area contributed by atoms with E-state index in [0.29, 0.717) is 0 Å². The normalized spacial score (nSPS) is 19.5. The fraction of sp³-hybridized carbons (Fsp3) is 0.500. The zero-order chi connectivity index (χ0) is 9.86. The maximum absolute atomic E-state index is 6.24. The fourth-order valence-electron chi connectivity index (χ4n) is 2.09. The molecule has 0 heterocycles. The van der Waals surface area contributed by atoms with Crippen LogP contribution in [0.15, 0.2) is 30.3 Å². The van der Waals surface area contributed by atoms with Crippen molar-refractivity contribution in [2.75, 3.05) is 11.9 Å². The van der Waals surface area contributed by atoms with Crippen LogP contribution in [0.5, 0.6) is 0 Å². The Morgan fingerprint density at radius 2 is 1.79 bits per heavy atom. The number of para-hydroxylation sites is 1. The van der Waals surface area contributed by atoms with Crippen molar-refractivity contribution in [3.05, 3.63) is 30.3 Å². The molecular formula is C12H18N2. The molecule has 0 atom stereocenters. The summed E-state index contributed by atoms with van der Waals surface area (Å²) < 4.78 is 0. The van der Waals surface area contributed by atoms with Crippen LogP contribution in [-0.2, 0) is 0 Å². The minimum absolute atomic E-state index is 0.0375. The number of hydrogen-bond acceptors (Lipinski definition) is 2. The first kappa shape index (κ1) is 9.53. The number of anilines is 1. The van der Waals surface area contributed by atoms with Crippen LogP contribution in [0.2, 0.25) is 0 Å². The van der Waals surface area contributed by atoms with E-state index in [4.69, 9.17) is 5.73 Å². The average Bonchev–Trinajstić information content (AvgIpc) is 2.65. The first-order chi connectivity index (χ1) is 6.79. The van der Waals surface area contributed by atoms with Crippen LogP contribution in [0.3, 0.4) is 0 Å². The van der Waals surface area contributed by atoms with Gasteiger partial charge in [-0.1, -0.05) is 31.0 Å². The van der Waals surface area contributed by atoms with E-state index in [-0.39, 0.29) is 5.54 Å². The Morgan fingerprint density at radius 1 is 1.14 bits per heavy atom. The van der Waals surface area contributed by atoms with Crippen LogP contribution in [0.1, 0.15) is 25.7 Å². The summed E-state index contributed by atoms with van der Waals surface area (Å²) in [5, 5.41) is 3.40. The van der Waals surface area contributed by atoms with E-state index in [1.807, 2.05) is 18.2 Å². The van der Waals surface area contributed by atoms with Crippen LogP contribution >= 0.6 is 0 Å². The van der Waals surface area contributed by atoms with Gasteiger partial charge in [0.25, 0.3) is 0 Å². The molecule has 0 radical (unpaired) electrons. The third-order valence-corrected chi connectivity index (χ3v) is 3.02. The lowest BCUT2D eigenvalue weighted by Gasteiger charge is -2.24. The predicted molar refractivity (Wildman–Crippen MR) is 60.3 cm³/mol. The maximum atomic E-state index is 6.24. The molecule has 1 aromatic carbocycles. The van der Waals surface area contributed by atoms with Crippen LogP contribution in [-0.4, -0.2) is 12.1 Å². The molecule has 2 heteroatoms. The van der Waals surface area contributed by atoms with Gasteiger partial charge < -0.3 is 11.1 Å². The van der Waals surface area contributed by atoms with E-state index in [9.17, 15) is 0 Å². The third kappa shape index (κ3) is 2.26. The van der Waals surface area contributed by atoms with E-state index in [1.54, 1.807) is 0 Å². The number of nitrogens with one attached hydrogen (secondary N) is 1. The molecule has 2 rings (SSSR count). The molecule has 0 unspecified atom stereocenters. The number of nitrogens with two attached hydrogens (primary N) is 1. The second-order valence-corrected chi connectivity index (χ2v) is 4.29. The Labute approximate surface area is 85.5 Å². The summed E-state index contributed by atoms with van der Waals surface area (Å²) in [5.41, 5.74) is 7.45. The van der Waals surface area contributed by atoms with Gasteiger partial charge in [-0.3, -0.25) is 0 Å². The van der Waals surface area contributed by atoms with Crippen molar-refractivity contribution in [2.45, 2.75) is 31.2 Å². The predicted octanol–water partition coefficient (Wildman–Crippen LogP) is 2.37. The lowest BCUT2D eigenvalue weighted by atomic mass is 9.99.